The first-order valence-corrected chi connectivity index (χ1v) is 7.57. The maximum atomic E-state index is 14.1. The van der Waals surface area contributed by atoms with Gasteiger partial charge in [-0.25, -0.2) is 4.39 Å². The van der Waals surface area contributed by atoms with Gasteiger partial charge in [-0.2, -0.15) is 0 Å². The number of ether oxygens (including phenoxy) is 1. The van der Waals surface area contributed by atoms with Crippen LogP contribution in [0.15, 0.2) is 18.2 Å². The fourth-order valence-electron chi connectivity index (χ4n) is 2.96. The smallest absolute Gasteiger partial charge is 0.260 e. The van der Waals surface area contributed by atoms with Crippen molar-refractivity contribution in [2.75, 3.05) is 20.2 Å². The van der Waals surface area contributed by atoms with Gasteiger partial charge in [0.1, 0.15) is 17.1 Å². The van der Waals surface area contributed by atoms with Crippen LogP contribution in [0, 0.1) is 5.82 Å². The highest BCUT2D eigenvalue weighted by atomic mass is 19.1. The minimum atomic E-state index is -0.510. The molecule has 3 rings (SSSR count). The molecule has 0 spiro atoms. The van der Waals surface area contributed by atoms with Gasteiger partial charge in [-0.1, -0.05) is 6.07 Å². The Bertz CT molecular complexity index is 525. The largest absolute Gasteiger partial charge is 0.496 e. The van der Waals surface area contributed by atoms with Crippen LogP contribution in [0.2, 0.25) is 0 Å². The van der Waals surface area contributed by atoms with Gasteiger partial charge in [0.15, 0.2) is 0 Å². The number of methoxy groups -OCH3 is 1. The number of benzene rings is 1. The quantitative estimate of drug-likeness (QED) is 0.904. The zero-order valence-corrected chi connectivity index (χ0v) is 12.3. The summed E-state index contributed by atoms with van der Waals surface area (Å²) >= 11 is 0. The first-order chi connectivity index (χ1) is 10.2. The number of nitrogens with one attached hydrogen (secondary N) is 1. The molecule has 0 aromatic heterocycles. The molecular weight excluding hydrogens is 271 g/mol. The molecule has 1 aliphatic carbocycles. The van der Waals surface area contributed by atoms with E-state index >= 15 is 0 Å². The first kappa shape index (κ1) is 14.3. The average molecular weight is 292 g/mol. The van der Waals surface area contributed by atoms with Gasteiger partial charge in [-0.3, -0.25) is 4.79 Å². The molecule has 1 heterocycles. The molecule has 114 valence electrons. The van der Waals surface area contributed by atoms with Crippen molar-refractivity contribution < 1.29 is 13.9 Å². The van der Waals surface area contributed by atoms with E-state index in [-0.39, 0.29) is 17.5 Å². The van der Waals surface area contributed by atoms with E-state index in [0.29, 0.717) is 18.3 Å². The predicted octanol–water partition coefficient (Wildman–Crippen LogP) is 2.19. The van der Waals surface area contributed by atoms with Gasteiger partial charge in [0.25, 0.3) is 5.91 Å². The summed E-state index contributed by atoms with van der Waals surface area (Å²) in [5.41, 5.74) is 0.0601. The highest BCUT2D eigenvalue weighted by Crippen LogP contribution is 2.32. The van der Waals surface area contributed by atoms with Crippen LogP contribution in [0.4, 0.5) is 4.39 Å². The van der Waals surface area contributed by atoms with Gasteiger partial charge in [0.2, 0.25) is 0 Å². The Balaban J connectivity index is 1.83. The molecule has 1 saturated carbocycles. The van der Waals surface area contributed by atoms with E-state index in [4.69, 9.17) is 4.74 Å². The number of hydrogen-bond donors (Lipinski definition) is 1. The third kappa shape index (κ3) is 3.02. The Hall–Kier alpha value is -1.62. The SMILES string of the molecule is COc1cccc(F)c1C(=O)N(CC1CCCN1)C1CC1. The van der Waals surface area contributed by atoms with Crippen LogP contribution in [-0.4, -0.2) is 43.1 Å². The zero-order chi connectivity index (χ0) is 14.8. The summed E-state index contributed by atoms with van der Waals surface area (Å²) in [4.78, 5) is 14.6. The van der Waals surface area contributed by atoms with E-state index in [9.17, 15) is 9.18 Å². The highest BCUT2D eigenvalue weighted by Gasteiger charge is 2.36. The molecule has 1 unspecified atom stereocenters. The van der Waals surface area contributed by atoms with Crippen molar-refractivity contribution in [1.29, 1.82) is 0 Å². The number of hydrogen-bond acceptors (Lipinski definition) is 3. The summed E-state index contributed by atoms with van der Waals surface area (Å²) in [6.45, 7) is 1.65. The standard InChI is InChI=1S/C16H21FN2O2/c1-21-14-6-2-5-13(17)15(14)16(20)19(12-7-8-12)10-11-4-3-9-18-11/h2,5-6,11-12,18H,3-4,7-10H2,1H3. The second-order valence-electron chi connectivity index (χ2n) is 5.80. The fourth-order valence-corrected chi connectivity index (χ4v) is 2.96. The molecule has 1 aromatic rings. The molecule has 4 nitrogen and oxygen atoms in total. The van der Waals surface area contributed by atoms with Crippen LogP contribution in [0.3, 0.4) is 0 Å². The van der Waals surface area contributed by atoms with Crippen molar-refractivity contribution in [2.45, 2.75) is 37.8 Å². The number of carbonyl (C=O) groups excluding carboxylic acids is 1. The van der Waals surface area contributed by atoms with Crippen molar-refractivity contribution in [3.8, 4) is 5.75 Å². The number of halogens is 1. The molecule has 1 aliphatic heterocycles. The van der Waals surface area contributed by atoms with Crippen LogP contribution < -0.4 is 10.1 Å². The van der Waals surface area contributed by atoms with Crippen molar-refractivity contribution in [2.24, 2.45) is 0 Å². The van der Waals surface area contributed by atoms with E-state index in [1.807, 2.05) is 4.90 Å². The second kappa shape index (κ2) is 6.02. The molecule has 2 fully saturated rings. The van der Waals surface area contributed by atoms with Gasteiger partial charge in [0, 0.05) is 18.6 Å². The van der Waals surface area contributed by atoms with E-state index in [1.165, 1.54) is 13.2 Å². The summed E-state index contributed by atoms with van der Waals surface area (Å²) in [5, 5.41) is 3.40. The number of nitrogens with zero attached hydrogens (tertiary/aromatic N) is 1. The maximum absolute atomic E-state index is 14.1. The summed E-state index contributed by atoms with van der Waals surface area (Å²) in [6.07, 6.45) is 4.23. The normalized spacial score (nSPS) is 21.3. The maximum Gasteiger partial charge on any atom is 0.260 e. The lowest BCUT2D eigenvalue weighted by Gasteiger charge is -2.26. The fraction of sp³-hybridized carbons (Fsp3) is 0.562. The van der Waals surface area contributed by atoms with E-state index in [0.717, 1.165) is 32.2 Å². The Morgan fingerprint density at radius 1 is 1.43 bits per heavy atom. The molecule has 1 atom stereocenters. The van der Waals surface area contributed by atoms with Crippen LogP contribution in [0.1, 0.15) is 36.0 Å². The van der Waals surface area contributed by atoms with Gasteiger partial charge in [-0.05, 0) is 44.4 Å². The minimum absolute atomic E-state index is 0.0601. The van der Waals surface area contributed by atoms with Gasteiger partial charge < -0.3 is 15.0 Å². The molecule has 1 saturated heterocycles. The Kier molecular flexibility index (Phi) is 4.10. The minimum Gasteiger partial charge on any atom is -0.496 e. The number of carbonyl (C=O) groups is 1. The Labute approximate surface area is 124 Å². The molecular formula is C16H21FN2O2. The van der Waals surface area contributed by atoms with Crippen LogP contribution in [0.5, 0.6) is 5.75 Å². The van der Waals surface area contributed by atoms with Crippen molar-refractivity contribution in [1.82, 2.24) is 10.2 Å². The molecule has 0 bridgehead atoms. The first-order valence-electron chi connectivity index (χ1n) is 7.57. The average Bonchev–Trinajstić information content (AvgIpc) is 3.20. The van der Waals surface area contributed by atoms with Gasteiger partial charge in [-0.15, -0.1) is 0 Å². The molecule has 21 heavy (non-hydrogen) atoms. The monoisotopic (exact) mass is 292 g/mol. The van der Waals surface area contributed by atoms with E-state index < -0.39 is 5.82 Å². The Morgan fingerprint density at radius 3 is 2.86 bits per heavy atom. The zero-order valence-electron chi connectivity index (χ0n) is 12.3. The number of amides is 1. The van der Waals surface area contributed by atoms with Crippen molar-refractivity contribution >= 4 is 5.91 Å². The third-order valence-electron chi connectivity index (χ3n) is 4.24. The molecule has 1 aromatic carbocycles. The molecule has 0 radical (unpaired) electrons. The third-order valence-corrected chi connectivity index (χ3v) is 4.24. The molecule has 5 heteroatoms. The van der Waals surface area contributed by atoms with Crippen LogP contribution >= 0.6 is 0 Å². The summed E-state index contributed by atoms with van der Waals surface area (Å²) in [5.74, 6) is -0.449. The summed E-state index contributed by atoms with van der Waals surface area (Å²) in [7, 11) is 1.46. The van der Waals surface area contributed by atoms with E-state index in [1.54, 1.807) is 12.1 Å². The Morgan fingerprint density at radius 2 is 2.24 bits per heavy atom. The lowest BCUT2D eigenvalue weighted by atomic mass is 10.1. The molecule has 1 amide bonds. The molecule has 2 aliphatic rings. The predicted molar refractivity (Wildman–Crippen MR) is 78.0 cm³/mol. The van der Waals surface area contributed by atoms with Gasteiger partial charge >= 0.3 is 0 Å². The van der Waals surface area contributed by atoms with Crippen LogP contribution in [0.25, 0.3) is 0 Å². The van der Waals surface area contributed by atoms with E-state index in [2.05, 4.69) is 5.32 Å². The lowest BCUT2D eigenvalue weighted by Crippen LogP contribution is -2.42. The summed E-state index contributed by atoms with van der Waals surface area (Å²) < 4.78 is 19.3. The van der Waals surface area contributed by atoms with Crippen molar-refractivity contribution in [3.05, 3.63) is 29.6 Å². The summed E-state index contributed by atoms with van der Waals surface area (Å²) in [6, 6.07) is 5.09. The topological polar surface area (TPSA) is 41.6 Å². The lowest BCUT2D eigenvalue weighted by molar-refractivity contribution is 0.0720. The molecule has 1 N–H and O–H groups in total. The van der Waals surface area contributed by atoms with Crippen molar-refractivity contribution in [3.63, 3.8) is 0 Å². The number of rotatable bonds is 5. The van der Waals surface area contributed by atoms with Crippen LogP contribution in [-0.2, 0) is 0 Å². The highest BCUT2D eigenvalue weighted by molar-refractivity contribution is 5.97. The van der Waals surface area contributed by atoms with Gasteiger partial charge in [0.05, 0.1) is 7.11 Å². The second-order valence-corrected chi connectivity index (χ2v) is 5.80.